The van der Waals surface area contributed by atoms with Crippen molar-refractivity contribution in [2.45, 2.75) is 37.3 Å². The molecule has 1 amide bonds. The van der Waals surface area contributed by atoms with E-state index >= 15 is 0 Å². The van der Waals surface area contributed by atoms with Gasteiger partial charge in [-0.1, -0.05) is 54.6 Å². The molecular weight excluding hydrogens is 356 g/mol. The van der Waals surface area contributed by atoms with Crippen molar-refractivity contribution in [3.05, 3.63) is 101 Å². The zero-order valence-electron chi connectivity index (χ0n) is 16.4. The van der Waals surface area contributed by atoms with Crippen molar-refractivity contribution in [1.29, 1.82) is 0 Å². The highest BCUT2D eigenvalue weighted by molar-refractivity contribution is 6.00. The first kappa shape index (κ1) is 17.0. The molecule has 3 nitrogen and oxygen atoms in total. The average Bonchev–Trinajstić information content (AvgIpc) is 3.44. The Kier molecular flexibility index (Phi) is 3.67. The molecule has 2 aliphatic carbocycles. The molecule has 3 aromatic rings. The minimum Gasteiger partial charge on any atom is -0.324 e. The molecule has 4 unspecified atom stereocenters. The van der Waals surface area contributed by atoms with E-state index in [4.69, 9.17) is 4.98 Å². The van der Waals surface area contributed by atoms with Crippen LogP contribution < -0.4 is 0 Å². The number of hydrogen-bond donors (Lipinski definition) is 0. The van der Waals surface area contributed by atoms with Gasteiger partial charge in [-0.05, 0) is 60.4 Å². The van der Waals surface area contributed by atoms with Gasteiger partial charge in [0.2, 0.25) is 0 Å². The fourth-order valence-corrected chi connectivity index (χ4v) is 6.58. The number of pyridine rings is 1. The maximum atomic E-state index is 13.7. The Bertz CT molecular complexity index is 1060. The summed E-state index contributed by atoms with van der Waals surface area (Å²) in [6.45, 7) is 0.654. The van der Waals surface area contributed by atoms with E-state index in [0.717, 1.165) is 11.3 Å². The van der Waals surface area contributed by atoms with Gasteiger partial charge in [0.1, 0.15) is 0 Å². The van der Waals surface area contributed by atoms with Crippen LogP contribution in [-0.4, -0.2) is 15.8 Å². The molecule has 3 aliphatic rings. The van der Waals surface area contributed by atoms with Crippen LogP contribution in [-0.2, 0) is 12.1 Å². The normalized spacial score (nSPS) is 29.6. The Morgan fingerprint density at radius 2 is 1.72 bits per heavy atom. The third kappa shape index (κ3) is 2.24. The lowest BCUT2D eigenvalue weighted by Crippen LogP contribution is -2.51. The molecule has 1 aliphatic heterocycles. The highest BCUT2D eigenvalue weighted by Gasteiger charge is 2.66. The minimum atomic E-state index is -0.277. The number of hydrogen-bond acceptors (Lipinski definition) is 2. The van der Waals surface area contributed by atoms with Crippen molar-refractivity contribution in [1.82, 2.24) is 9.88 Å². The van der Waals surface area contributed by atoms with Crippen LogP contribution in [0.5, 0.6) is 0 Å². The van der Waals surface area contributed by atoms with Crippen LogP contribution in [0.2, 0.25) is 0 Å². The second-order valence-electron chi connectivity index (χ2n) is 8.75. The summed E-state index contributed by atoms with van der Waals surface area (Å²) in [6, 6.07) is 25.0. The first-order valence-corrected chi connectivity index (χ1v) is 10.7. The van der Waals surface area contributed by atoms with Crippen LogP contribution in [0.4, 0.5) is 0 Å². The Balaban J connectivity index is 1.58. The quantitative estimate of drug-likeness (QED) is 0.630. The van der Waals surface area contributed by atoms with Crippen LogP contribution in [0.3, 0.4) is 0 Å². The summed E-state index contributed by atoms with van der Waals surface area (Å²) >= 11 is 0. The van der Waals surface area contributed by atoms with E-state index in [-0.39, 0.29) is 17.4 Å². The van der Waals surface area contributed by atoms with E-state index in [1.807, 2.05) is 30.5 Å². The number of carbonyl (C=O) groups excluding carboxylic acids is 1. The molecule has 2 aromatic carbocycles. The summed E-state index contributed by atoms with van der Waals surface area (Å²) in [7, 11) is 0. The number of nitrogens with zero attached hydrogens (tertiary/aromatic N) is 2. The van der Waals surface area contributed by atoms with Crippen molar-refractivity contribution < 1.29 is 4.79 Å². The summed E-state index contributed by atoms with van der Waals surface area (Å²) in [6.07, 6.45) is 5.53. The molecule has 2 heterocycles. The van der Waals surface area contributed by atoms with Crippen LogP contribution in [0.25, 0.3) is 0 Å². The molecule has 4 atom stereocenters. The summed E-state index contributed by atoms with van der Waals surface area (Å²) in [4.78, 5) is 20.7. The Morgan fingerprint density at radius 1 is 0.931 bits per heavy atom. The SMILES string of the molecule is O=C1c2ccccc2C2(C3CCC(C3)C2c2ccccn2)N1Cc1ccccc1. The molecule has 0 saturated heterocycles. The van der Waals surface area contributed by atoms with E-state index in [2.05, 4.69) is 53.4 Å². The molecular formula is C26H24N2O. The zero-order chi connectivity index (χ0) is 19.4. The minimum absolute atomic E-state index is 0.179. The van der Waals surface area contributed by atoms with E-state index in [1.54, 1.807) is 0 Å². The van der Waals surface area contributed by atoms with E-state index in [1.165, 1.54) is 30.4 Å². The van der Waals surface area contributed by atoms with Crippen molar-refractivity contribution >= 4 is 5.91 Å². The van der Waals surface area contributed by atoms with Crippen LogP contribution >= 0.6 is 0 Å². The summed E-state index contributed by atoms with van der Waals surface area (Å²) < 4.78 is 0. The topological polar surface area (TPSA) is 33.2 Å². The zero-order valence-corrected chi connectivity index (χ0v) is 16.4. The number of carbonyl (C=O) groups is 1. The predicted octanol–water partition coefficient (Wildman–Crippen LogP) is 5.15. The molecule has 0 radical (unpaired) electrons. The van der Waals surface area contributed by atoms with Gasteiger partial charge in [0.25, 0.3) is 5.91 Å². The standard InChI is InChI=1S/C26H24N2O/c29-25-21-10-4-5-11-22(21)26(28(25)17-18-8-2-1-3-9-18)20-14-13-19(16-20)24(26)23-12-6-7-15-27-23/h1-12,15,19-20,24H,13-14,16-17H2. The largest absolute Gasteiger partial charge is 0.324 e. The van der Waals surface area contributed by atoms with Gasteiger partial charge in [-0.2, -0.15) is 0 Å². The first-order chi connectivity index (χ1) is 14.3. The Labute approximate surface area is 171 Å². The fourth-order valence-electron chi connectivity index (χ4n) is 6.58. The second kappa shape index (κ2) is 6.28. The van der Waals surface area contributed by atoms with E-state index in [0.29, 0.717) is 18.4 Å². The molecule has 29 heavy (non-hydrogen) atoms. The van der Waals surface area contributed by atoms with Gasteiger partial charge in [0.05, 0.1) is 5.54 Å². The van der Waals surface area contributed by atoms with Crippen molar-refractivity contribution in [3.63, 3.8) is 0 Å². The van der Waals surface area contributed by atoms with E-state index < -0.39 is 0 Å². The lowest BCUT2D eigenvalue weighted by Gasteiger charge is -2.48. The molecule has 3 heteroatoms. The highest BCUT2D eigenvalue weighted by Crippen LogP contribution is 2.67. The summed E-state index contributed by atoms with van der Waals surface area (Å²) in [5, 5.41) is 0. The predicted molar refractivity (Wildman–Crippen MR) is 112 cm³/mol. The Morgan fingerprint density at radius 3 is 2.55 bits per heavy atom. The maximum absolute atomic E-state index is 13.7. The van der Waals surface area contributed by atoms with Gasteiger partial charge in [0.15, 0.2) is 0 Å². The first-order valence-electron chi connectivity index (χ1n) is 10.7. The Hall–Kier alpha value is -2.94. The fraction of sp³-hybridized carbons (Fsp3) is 0.308. The average molecular weight is 380 g/mol. The van der Waals surface area contributed by atoms with Crippen LogP contribution in [0, 0.1) is 11.8 Å². The van der Waals surface area contributed by atoms with Crippen molar-refractivity contribution in [2.24, 2.45) is 11.8 Å². The van der Waals surface area contributed by atoms with Gasteiger partial charge in [0, 0.05) is 29.9 Å². The highest BCUT2D eigenvalue weighted by atomic mass is 16.2. The molecule has 2 bridgehead atoms. The molecule has 2 fully saturated rings. The number of benzene rings is 2. The van der Waals surface area contributed by atoms with Crippen LogP contribution in [0.1, 0.15) is 52.4 Å². The smallest absolute Gasteiger partial charge is 0.255 e. The molecule has 0 N–H and O–H groups in total. The molecule has 6 rings (SSSR count). The van der Waals surface area contributed by atoms with Gasteiger partial charge >= 0.3 is 0 Å². The molecule has 1 aromatic heterocycles. The molecule has 144 valence electrons. The van der Waals surface area contributed by atoms with Gasteiger partial charge in [-0.3, -0.25) is 9.78 Å². The van der Waals surface area contributed by atoms with E-state index in [9.17, 15) is 4.79 Å². The summed E-state index contributed by atoms with van der Waals surface area (Å²) in [5.74, 6) is 1.53. The lowest BCUT2D eigenvalue weighted by atomic mass is 9.67. The third-order valence-electron chi connectivity index (χ3n) is 7.51. The monoisotopic (exact) mass is 380 g/mol. The maximum Gasteiger partial charge on any atom is 0.255 e. The van der Waals surface area contributed by atoms with Crippen molar-refractivity contribution in [3.8, 4) is 0 Å². The number of aromatic nitrogens is 1. The number of amides is 1. The second-order valence-corrected chi connectivity index (χ2v) is 8.75. The number of fused-ring (bicyclic) bond motifs is 5. The van der Waals surface area contributed by atoms with Crippen molar-refractivity contribution in [2.75, 3.05) is 0 Å². The molecule has 1 spiro atoms. The van der Waals surface area contributed by atoms with Gasteiger partial charge in [-0.15, -0.1) is 0 Å². The van der Waals surface area contributed by atoms with Gasteiger partial charge < -0.3 is 4.90 Å². The molecule has 2 saturated carbocycles. The summed E-state index contributed by atoms with van der Waals surface area (Å²) in [5.41, 5.74) is 4.17. The number of rotatable bonds is 3. The van der Waals surface area contributed by atoms with Crippen LogP contribution in [0.15, 0.2) is 79.0 Å². The van der Waals surface area contributed by atoms with Gasteiger partial charge in [-0.25, -0.2) is 0 Å². The third-order valence-corrected chi connectivity index (χ3v) is 7.51. The lowest BCUT2D eigenvalue weighted by molar-refractivity contribution is 0.0199.